The Morgan fingerprint density at radius 1 is 1.07 bits per heavy atom. The van der Waals surface area contributed by atoms with Gasteiger partial charge in [-0.1, -0.05) is 42.0 Å². The van der Waals surface area contributed by atoms with Gasteiger partial charge in [-0.3, -0.25) is 4.79 Å². The molecule has 1 aliphatic heterocycles. The van der Waals surface area contributed by atoms with Crippen LogP contribution in [0.2, 0.25) is 0 Å². The molecule has 4 rings (SSSR count). The van der Waals surface area contributed by atoms with Crippen molar-refractivity contribution in [3.8, 4) is 0 Å². The number of carbonyl (C=O) groups is 1. The van der Waals surface area contributed by atoms with Gasteiger partial charge in [0.15, 0.2) is 5.78 Å². The number of nitrogens with zero attached hydrogens (tertiary/aromatic N) is 1. The number of rotatable bonds is 4. The number of aryl methyl sites for hydroxylation is 1. The molecule has 2 fully saturated rings. The van der Waals surface area contributed by atoms with E-state index >= 15 is 0 Å². The highest BCUT2D eigenvalue weighted by Gasteiger charge is 2.54. The van der Waals surface area contributed by atoms with Crippen LogP contribution in [0.5, 0.6) is 0 Å². The van der Waals surface area contributed by atoms with Gasteiger partial charge in [-0.2, -0.15) is 4.31 Å². The zero-order valence-corrected chi connectivity index (χ0v) is 16.9. The average molecular weight is 400 g/mol. The van der Waals surface area contributed by atoms with Gasteiger partial charge in [-0.05, 0) is 50.3 Å². The fourth-order valence-electron chi connectivity index (χ4n) is 4.66. The first-order chi connectivity index (χ1) is 13.2. The van der Waals surface area contributed by atoms with Gasteiger partial charge in [-0.25, -0.2) is 8.42 Å². The van der Waals surface area contributed by atoms with Crippen LogP contribution in [-0.2, 0) is 15.6 Å². The van der Waals surface area contributed by atoms with Crippen molar-refractivity contribution in [2.45, 2.75) is 37.2 Å². The van der Waals surface area contributed by atoms with Gasteiger partial charge < -0.3 is 5.11 Å². The van der Waals surface area contributed by atoms with Crippen LogP contribution in [0.3, 0.4) is 0 Å². The molecule has 0 spiro atoms. The summed E-state index contributed by atoms with van der Waals surface area (Å²) in [7, 11) is -3.65. The molecule has 28 heavy (non-hydrogen) atoms. The SMILES string of the molecule is CC(=O)c1ccc(S(=O)(=O)N2C[C@H]3CC[C@](O)(c4ccc(C)cc4)[C@H]3C2)cc1. The Balaban J connectivity index is 1.59. The van der Waals surface area contributed by atoms with E-state index in [1.165, 1.54) is 23.4 Å². The summed E-state index contributed by atoms with van der Waals surface area (Å²) in [6.45, 7) is 4.20. The number of ketones is 1. The standard InChI is InChI=1S/C22H25NO4S/c1-15-3-7-19(8-4-15)22(25)12-11-18-13-23(14-21(18)22)28(26,27)20-9-5-17(6-10-20)16(2)24/h3-10,18,21,25H,11-14H2,1-2H3/t18-,21+,22+/m1/s1. The normalized spacial score (nSPS) is 27.7. The van der Waals surface area contributed by atoms with Crippen molar-refractivity contribution >= 4 is 15.8 Å². The summed E-state index contributed by atoms with van der Waals surface area (Å²) in [6.07, 6.45) is 1.47. The third-order valence-electron chi connectivity index (χ3n) is 6.37. The highest BCUT2D eigenvalue weighted by molar-refractivity contribution is 7.89. The van der Waals surface area contributed by atoms with Gasteiger partial charge >= 0.3 is 0 Å². The van der Waals surface area contributed by atoms with Crippen LogP contribution in [0.25, 0.3) is 0 Å². The predicted octanol–water partition coefficient (Wildman–Crippen LogP) is 3.12. The van der Waals surface area contributed by atoms with Crippen LogP contribution in [0.4, 0.5) is 0 Å². The van der Waals surface area contributed by atoms with E-state index in [1.54, 1.807) is 12.1 Å². The summed E-state index contributed by atoms with van der Waals surface area (Å²) in [5.74, 6) is -0.0538. The maximum absolute atomic E-state index is 13.1. The minimum absolute atomic E-state index is 0.0946. The third kappa shape index (κ3) is 3.09. The lowest BCUT2D eigenvalue weighted by Gasteiger charge is -2.30. The molecule has 1 aliphatic carbocycles. The Labute approximate surface area is 166 Å². The van der Waals surface area contributed by atoms with Crippen LogP contribution in [0.15, 0.2) is 53.4 Å². The second-order valence-corrected chi connectivity index (χ2v) is 10.0. The first-order valence-electron chi connectivity index (χ1n) is 9.62. The molecule has 148 valence electrons. The van der Waals surface area contributed by atoms with E-state index in [1.807, 2.05) is 31.2 Å². The van der Waals surface area contributed by atoms with E-state index in [-0.39, 0.29) is 22.5 Å². The Morgan fingerprint density at radius 2 is 1.71 bits per heavy atom. The van der Waals surface area contributed by atoms with Crippen LogP contribution < -0.4 is 0 Å². The Kier molecular flexibility index (Phi) is 4.68. The van der Waals surface area contributed by atoms with Gasteiger partial charge in [0.25, 0.3) is 0 Å². The minimum Gasteiger partial charge on any atom is -0.385 e. The van der Waals surface area contributed by atoms with E-state index in [0.29, 0.717) is 25.1 Å². The Morgan fingerprint density at radius 3 is 2.32 bits per heavy atom. The van der Waals surface area contributed by atoms with Gasteiger partial charge in [0.2, 0.25) is 10.0 Å². The van der Waals surface area contributed by atoms with Gasteiger partial charge in [0, 0.05) is 24.6 Å². The fourth-order valence-corrected chi connectivity index (χ4v) is 6.19. The quantitative estimate of drug-likeness (QED) is 0.802. The van der Waals surface area contributed by atoms with E-state index in [0.717, 1.165) is 17.5 Å². The predicted molar refractivity (Wildman–Crippen MR) is 106 cm³/mol. The second-order valence-electron chi connectivity index (χ2n) is 8.10. The first-order valence-corrected chi connectivity index (χ1v) is 11.1. The maximum Gasteiger partial charge on any atom is 0.243 e. The molecule has 1 saturated carbocycles. The van der Waals surface area contributed by atoms with Crippen molar-refractivity contribution < 1.29 is 18.3 Å². The van der Waals surface area contributed by atoms with Crippen molar-refractivity contribution in [1.29, 1.82) is 0 Å². The van der Waals surface area contributed by atoms with Crippen molar-refractivity contribution in [2.75, 3.05) is 13.1 Å². The molecule has 0 aromatic heterocycles. The topological polar surface area (TPSA) is 74.7 Å². The summed E-state index contributed by atoms with van der Waals surface area (Å²) in [4.78, 5) is 11.6. The van der Waals surface area contributed by atoms with Gasteiger partial charge in [0.1, 0.15) is 0 Å². The van der Waals surface area contributed by atoms with Crippen molar-refractivity contribution in [1.82, 2.24) is 4.31 Å². The Bertz CT molecular complexity index is 998. The molecular formula is C22H25NO4S. The number of benzene rings is 2. The molecule has 0 amide bonds. The lowest BCUT2D eigenvalue weighted by molar-refractivity contribution is -0.00400. The van der Waals surface area contributed by atoms with Crippen molar-refractivity contribution in [3.05, 3.63) is 65.2 Å². The highest BCUT2D eigenvalue weighted by Crippen LogP contribution is 2.51. The summed E-state index contributed by atoms with van der Waals surface area (Å²) < 4.78 is 27.7. The second kappa shape index (κ2) is 6.79. The van der Waals surface area contributed by atoms with E-state index < -0.39 is 15.6 Å². The average Bonchev–Trinajstić information content (AvgIpc) is 3.24. The van der Waals surface area contributed by atoms with E-state index in [9.17, 15) is 18.3 Å². The molecule has 1 heterocycles. The van der Waals surface area contributed by atoms with Crippen LogP contribution in [0.1, 0.15) is 41.3 Å². The number of Topliss-reactive ketones (excluding diaryl/α,β-unsaturated/α-hetero) is 1. The molecule has 0 bridgehead atoms. The van der Waals surface area contributed by atoms with Gasteiger partial charge in [-0.15, -0.1) is 0 Å². The molecule has 1 saturated heterocycles. The lowest BCUT2D eigenvalue weighted by Crippen LogP contribution is -2.36. The molecule has 5 nitrogen and oxygen atoms in total. The molecule has 1 N–H and O–H groups in total. The molecule has 0 radical (unpaired) electrons. The largest absolute Gasteiger partial charge is 0.385 e. The summed E-state index contributed by atoms with van der Waals surface area (Å²) in [5.41, 5.74) is 1.51. The number of carbonyl (C=O) groups excluding carboxylic acids is 1. The number of fused-ring (bicyclic) bond motifs is 1. The van der Waals surface area contributed by atoms with Crippen LogP contribution in [0, 0.1) is 18.8 Å². The summed E-state index contributed by atoms with van der Waals surface area (Å²) in [5, 5.41) is 11.4. The minimum atomic E-state index is -3.65. The monoisotopic (exact) mass is 399 g/mol. The molecule has 0 unspecified atom stereocenters. The highest BCUT2D eigenvalue weighted by atomic mass is 32.2. The number of sulfonamides is 1. The lowest BCUT2D eigenvalue weighted by atomic mass is 9.82. The first kappa shape index (κ1) is 19.3. The number of hydrogen-bond donors (Lipinski definition) is 1. The Hall–Kier alpha value is -2.02. The van der Waals surface area contributed by atoms with Crippen molar-refractivity contribution in [3.63, 3.8) is 0 Å². The van der Waals surface area contributed by atoms with Crippen LogP contribution >= 0.6 is 0 Å². The maximum atomic E-state index is 13.1. The summed E-state index contributed by atoms with van der Waals surface area (Å²) >= 11 is 0. The van der Waals surface area contributed by atoms with Gasteiger partial charge in [0.05, 0.1) is 10.5 Å². The molecule has 2 aromatic carbocycles. The molecular weight excluding hydrogens is 374 g/mol. The molecule has 3 atom stereocenters. The molecule has 2 aromatic rings. The van der Waals surface area contributed by atoms with Crippen molar-refractivity contribution in [2.24, 2.45) is 11.8 Å². The molecule has 2 aliphatic rings. The zero-order valence-electron chi connectivity index (χ0n) is 16.1. The third-order valence-corrected chi connectivity index (χ3v) is 8.21. The molecule has 6 heteroatoms. The van der Waals surface area contributed by atoms with Crippen LogP contribution in [-0.4, -0.2) is 36.7 Å². The fraction of sp³-hybridized carbons (Fsp3) is 0.409. The smallest absolute Gasteiger partial charge is 0.243 e. The van der Waals surface area contributed by atoms with E-state index in [4.69, 9.17) is 0 Å². The zero-order chi connectivity index (χ0) is 20.1. The summed E-state index contributed by atoms with van der Waals surface area (Å²) in [6, 6.07) is 14.0. The van der Waals surface area contributed by atoms with E-state index in [2.05, 4.69) is 0 Å². The number of aliphatic hydroxyl groups is 1. The number of hydrogen-bond acceptors (Lipinski definition) is 4.